The lowest BCUT2D eigenvalue weighted by molar-refractivity contribution is -0.457. The van der Waals surface area contributed by atoms with Gasteiger partial charge in [-0.2, -0.15) is 9.37 Å². The minimum Gasteiger partial charge on any atom is -0.530 e. The molecule has 0 unspecified atom stereocenters. The van der Waals surface area contributed by atoms with Crippen molar-refractivity contribution in [3.63, 3.8) is 0 Å². The van der Waals surface area contributed by atoms with E-state index in [-0.39, 0.29) is 18.8 Å². The highest BCUT2D eigenvalue weighted by atomic mass is 16.4. The lowest BCUT2D eigenvalue weighted by atomic mass is 9.85. The Morgan fingerprint density at radius 1 is 0.882 bits per heavy atom. The van der Waals surface area contributed by atoms with Gasteiger partial charge in [-0.15, -0.1) is 0 Å². The van der Waals surface area contributed by atoms with Crippen LogP contribution in [0.2, 0.25) is 0 Å². The molecule has 51 heavy (non-hydrogen) atoms. The first-order chi connectivity index (χ1) is 24.3. The Hall–Kier alpha value is -5.23. The Bertz CT molecular complexity index is 1710. The maximum Gasteiger partial charge on any atom is 0.540 e. The van der Waals surface area contributed by atoms with E-state index in [9.17, 15) is 29.4 Å². The molecule has 1 aliphatic rings. The summed E-state index contributed by atoms with van der Waals surface area (Å²) in [5.41, 5.74) is 2.65. The van der Waals surface area contributed by atoms with Crippen molar-refractivity contribution < 1.29 is 34.0 Å². The number of urea groups is 1. The van der Waals surface area contributed by atoms with Crippen molar-refractivity contribution >= 4 is 36.4 Å². The van der Waals surface area contributed by atoms with Gasteiger partial charge in [0.05, 0.1) is 17.8 Å². The van der Waals surface area contributed by atoms with Crippen LogP contribution < -0.4 is 21.1 Å². The van der Waals surface area contributed by atoms with Crippen molar-refractivity contribution in [3.05, 3.63) is 90.1 Å². The summed E-state index contributed by atoms with van der Waals surface area (Å²) in [5.74, 6) is -1.22. The highest BCUT2D eigenvalue weighted by Crippen LogP contribution is 2.23. The van der Waals surface area contributed by atoms with Gasteiger partial charge in [0.2, 0.25) is 5.91 Å². The third kappa shape index (κ3) is 10.9. The van der Waals surface area contributed by atoms with Crippen LogP contribution in [0.25, 0.3) is 11.3 Å². The van der Waals surface area contributed by atoms with Crippen molar-refractivity contribution in [3.8, 4) is 11.3 Å². The molecule has 0 aliphatic carbocycles. The summed E-state index contributed by atoms with van der Waals surface area (Å²) in [5, 5.41) is 31.7. The molecule has 1 aliphatic heterocycles. The molecule has 0 saturated carbocycles. The Morgan fingerprint density at radius 2 is 1.55 bits per heavy atom. The Kier molecular flexibility index (Phi) is 13.3. The van der Waals surface area contributed by atoms with Crippen molar-refractivity contribution in [2.75, 3.05) is 0 Å². The SMILES string of the molecule is CC[C@H](C)[C@@H](C(=O)N[C@@H](Cc1ccccc1)[C@@H](O)C[C@@H](Cc1ccc(-c2ccccn2)cc1)NC(=O)[C@@H](NC(=O)[O-])C(C)(C)C)[N+]1=CC=NC1=O. The van der Waals surface area contributed by atoms with Crippen LogP contribution in [0.5, 0.6) is 0 Å². The first-order valence-corrected chi connectivity index (χ1v) is 17.3. The number of rotatable bonds is 16. The number of carboxylic acid groups (broad SMARTS) is 1. The van der Waals surface area contributed by atoms with Gasteiger partial charge < -0.3 is 31.0 Å². The number of hydrogen-bond donors (Lipinski definition) is 4. The maximum absolute atomic E-state index is 14.0. The molecule has 0 saturated heterocycles. The fraction of sp³-hybridized carbons (Fsp3) is 0.410. The number of aliphatic imine (C=N–C) groups is 1. The third-order valence-electron chi connectivity index (χ3n) is 9.13. The number of amides is 5. The average Bonchev–Trinajstić information content (AvgIpc) is 3.52. The molecule has 4 rings (SSSR count). The minimum atomic E-state index is -1.58. The normalized spacial score (nSPS) is 16.3. The number of carbonyl (C=O) groups excluding carboxylic acids is 4. The van der Waals surface area contributed by atoms with Gasteiger partial charge in [-0.05, 0) is 59.4 Å². The zero-order chi connectivity index (χ0) is 37.1. The van der Waals surface area contributed by atoms with Gasteiger partial charge in [-0.1, -0.05) is 95.3 Å². The van der Waals surface area contributed by atoms with Gasteiger partial charge >= 0.3 is 6.03 Å². The van der Waals surface area contributed by atoms with E-state index < -0.39 is 59.6 Å². The molecule has 6 atom stereocenters. The topological polar surface area (TPSA) is 176 Å². The smallest absolute Gasteiger partial charge is 0.530 e. The number of benzene rings is 2. The number of nitrogens with one attached hydrogen (secondary N) is 3. The van der Waals surface area contributed by atoms with Crippen LogP contribution in [0, 0.1) is 11.3 Å². The number of aromatic nitrogens is 1. The first-order valence-electron chi connectivity index (χ1n) is 17.3. The van der Waals surface area contributed by atoms with E-state index in [0.29, 0.717) is 12.8 Å². The highest BCUT2D eigenvalue weighted by Gasteiger charge is 2.40. The van der Waals surface area contributed by atoms with Crippen LogP contribution >= 0.6 is 0 Å². The molecule has 0 radical (unpaired) electrons. The molecule has 1 aromatic heterocycles. The molecule has 0 fully saturated rings. The molecule has 5 amide bonds. The quantitative estimate of drug-likeness (QED) is 0.166. The van der Waals surface area contributed by atoms with E-state index >= 15 is 0 Å². The fourth-order valence-corrected chi connectivity index (χ4v) is 6.17. The van der Waals surface area contributed by atoms with Gasteiger partial charge in [0.25, 0.3) is 5.91 Å². The summed E-state index contributed by atoms with van der Waals surface area (Å²) in [7, 11) is 0. The zero-order valence-electron chi connectivity index (χ0n) is 29.8. The van der Waals surface area contributed by atoms with Crippen LogP contribution in [-0.2, 0) is 22.4 Å². The van der Waals surface area contributed by atoms with Crippen molar-refractivity contribution in [2.45, 2.75) is 90.6 Å². The number of carbonyl (C=O) groups is 4. The predicted molar refractivity (Wildman–Crippen MR) is 193 cm³/mol. The molecule has 12 heteroatoms. The third-order valence-corrected chi connectivity index (χ3v) is 9.13. The Morgan fingerprint density at radius 3 is 2.12 bits per heavy atom. The van der Waals surface area contributed by atoms with Crippen molar-refractivity contribution in [1.82, 2.24) is 20.9 Å². The van der Waals surface area contributed by atoms with Crippen LogP contribution in [0.3, 0.4) is 0 Å². The maximum atomic E-state index is 14.0. The van der Waals surface area contributed by atoms with E-state index in [1.165, 1.54) is 17.0 Å². The second-order valence-corrected chi connectivity index (χ2v) is 14.1. The fourth-order valence-electron chi connectivity index (χ4n) is 6.17. The summed E-state index contributed by atoms with van der Waals surface area (Å²) in [4.78, 5) is 59.9. The molecular weight excluding hydrogens is 648 g/mol. The van der Waals surface area contributed by atoms with E-state index in [2.05, 4.69) is 25.9 Å². The monoisotopic (exact) mass is 696 g/mol. The van der Waals surface area contributed by atoms with Crippen molar-refractivity contribution in [1.29, 1.82) is 0 Å². The molecular formula is C39H48N6O6. The van der Waals surface area contributed by atoms with E-state index in [1.807, 2.05) is 86.6 Å². The minimum absolute atomic E-state index is 0.0135. The summed E-state index contributed by atoms with van der Waals surface area (Å²) in [6.45, 7) is 9.02. The largest absolute Gasteiger partial charge is 0.540 e. The predicted octanol–water partition coefficient (Wildman–Crippen LogP) is 3.30. The zero-order valence-corrected chi connectivity index (χ0v) is 29.8. The van der Waals surface area contributed by atoms with E-state index in [0.717, 1.165) is 22.4 Å². The first kappa shape index (κ1) is 38.6. The molecule has 2 heterocycles. The average molecular weight is 697 g/mol. The standard InChI is InChI=1S/C39H48N6O6/c1-6-25(2)33(45-21-20-41-37(45)49)35(47)43-31(23-26-12-8-7-9-13-26)32(46)24-29(42-36(48)34(39(3,4)5)44-38(50)51)22-27-15-17-28(18-16-27)30-14-10-11-19-40-30/h7-21,25,29,31-34,44,46H,6,22-24H2,1-5H3,(H2-,42,43,47,48,50,51)/t25-,29+,31-,32-,33-,34+/m0/s1. The Balaban J connectivity index is 1.64. The van der Waals surface area contributed by atoms with Gasteiger partial charge in [-0.3, -0.25) is 14.6 Å². The highest BCUT2D eigenvalue weighted by molar-refractivity contribution is 6.20. The van der Waals surface area contributed by atoms with E-state index in [4.69, 9.17) is 0 Å². The molecule has 0 spiro atoms. The van der Waals surface area contributed by atoms with Crippen molar-refractivity contribution in [2.24, 2.45) is 16.3 Å². The van der Waals surface area contributed by atoms with Gasteiger partial charge in [0.15, 0.2) is 12.3 Å². The van der Waals surface area contributed by atoms with Crippen LogP contribution in [-0.4, -0.2) is 81.3 Å². The van der Waals surface area contributed by atoms with Crippen LogP contribution in [0.1, 0.15) is 58.6 Å². The summed E-state index contributed by atoms with van der Waals surface area (Å²) in [6, 6.07) is 18.7. The number of pyridine rings is 1. The number of nitrogens with zero attached hydrogens (tertiary/aromatic N) is 3. The van der Waals surface area contributed by atoms with E-state index in [1.54, 1.807) is 27.0 Å². The summed E-state index contributed by atoms with van der Waals surface area (Å²) >= 11 is 0. The summed E-state index contributed by atoms with van der Waals surface area (Å²) in [6.07, 6.45) is 3.01. The molecule has 3 aromatic rings. The summed E-state index contributed by atoms with van der Waals surface area (Å²) < 4.78 is 1.31. The van der Waals surface area contributed by atoms with Crippen LogP contribution in [0.4, 0.5) is 9.59 Å². The number of hydrogen-bond acceptors (Lipinski definition) is 7. The van der Waals surface area contributed by atoms with Gasteiger partial charge in [0.1, 0.15) is 18.3 Å². The lowest BCUT2D eigenvalue weighted by Crippen LogP contribution is -2.59. The molecule has 270 valence electrons. The lowest BCUT2D eigenvalue weighted by Gasteiger charge is -2.34. The van der Waals surface area contributed by atoms with Crippen LogP contribution in [0.15, 0.2) is 84.0 Å². The number of aliphatic hydroxyl groups excluding tert-OH is 1. The Labute approximate surface area is 299 Å². The molecule has 4 N–H and O–H groups in total. The molecule has 12 nitrogen and oxygen atoms in total. The second-order valence-electron chi connectivity index (χ2n) is 14.1. The molecule has 0 bridgehead atoms. The van der Waals surface area contributed by atoms with Gasteiger partial charge in [-0.25, -0.2) is 0 Å². The second kappa shape index (κ2) is 17.6. The van der Waals surface area contributed by atoms with Gasteiger partial charge in [0, 0.05) is 23.7 Å². The number of aliphatic hydroxyl groups is 1. The molecule has 2 aromatic carbocycles.